The van der Waals surface area contributed by atoms with E-state index >= 15 is 0 Å². The molecule has 0 aliphatic carbocycles. The number of carbonyl (C=O) groups excluding carboxylic acids is 2. The standard InChI is InChI=1S/C12H13NO2/c1-3-4-12(15)13(9-14)11-7-5-10(2)6-8-11/h3-9H,1-2H3/b4-3-. The van der Waals surface area contributed by atoms with E-state index in [1.165, 1.54) is 6.08 Å². The Morgan fingerprint density at radius 2 is 1.87 bits per heavy atom. The maximum Gasteiger partial charge on any atom is 0.257 e. The SMILES string of the molecule is C/C=C\C(=O)N(C=O)c1ccc(C)cc1. The van der Waals surface area contributed by atoms with E-state index in [0.717, 1.165) is 10.5 Å². The lowest BCUT2D eigenvalue weighted by molar-refractivity contribution is -0.118. The number of nitrogens with zero attached hydrogens (tertiary/aromatic N) is 1. The molecule has 3 nitrogen and oxygen atoms in total. The summed E-state index contributed by atoms with van der Waals surface area (Å²) in [6, 6.07) is 7.19. The number of benzene rings is 1. The van der Waals surface area contributed by atoms with Crippen molar-refractivity contribution < 1.29 is 9.59 Å². The van der Waals surface area contributed by atoms with Crippen molar-refractivity contribution >= 4 is 18.0 Å². The van der Waals surface area contributed by atoms with Gasteiger partial charge in [-0.1, -0.05) is 23.8 Å². The summed E-state index contributed by atoms with van der Waals surface area (Å²) in [5.74, 6) is -0.337. The largest absolute Gasteiger partial charge is 0.278 e. The highest BCUT2D eigenvalue weighted by Gasteiger charge is 2.10. The number of amides is 2. The third-order valence-electron chi connectivity index (χ3n) is 1.96. The molecule has 78 valence electrons. The Morgan fingerprint density at radius 3 is 2.33 bits per heavy atom. The van der Waals surface area contributed by atoms with Gasteiger partial charge < -0.3 is 0 Å². The van der Waals surface area contributed by atoms with Gasteiger partial charge >= 0.3 is 0 Å². The van der Waals surface area contributed by atoms with Gasteiger partial charge in [-0.15, -0.1) is 0 Å². The van der Waals surface area contributed by atoms with Crippen molar-refractivity contribution in [3.8, 4) is 0 Å². The van der Waals surface area contributed by atoms with E-state index in [1.807, 2.05) is 19.1 Å². The zero-order valence-electron chi connectivity index (χ0n) is 8.81. The normalized spacial score (nSPS) is 10.3. The first-order valence-electron chi connectivity index (χ1n) is 4.67. The van der Waals surface area contributed by atoms with Gasteiger partial charge in [-0.05, 0) is 32.1 Å². The molecule has 0 aliphatic heterocycles. The first-order chi connectivity index (χ1) is 7.19. The van der Waals surface area contributed by atoms with Crippen LogP contribution in [0.25, 0.3) is 0 Å². The van der Waals surface area contributed by atoms with Gasteiger partial charge in [0.2, 0.25) is 6.41 Å². The highest BCUT2D eigenvalue weighted by atomic mass is 16.2. The summed E-state index contributed by atoms with van der Waals surface area (Å²) in [4.78, 5) is 23.3. The van der Waals surface area contributed by atoms with E-state index in [2.05, 4.69) is 0 Å². The van der Waals surface area contributed by atoms with E-state index in [-0.39, 0.29) is 5.91 Å². The average Bonchev–Trinajstić information content (AvgIpc) is 2.22. The molecule has 1 aromatic rings. The van der Waals surface area contributed by atoms with Crippen molar-refractivity contribution in [3.05, 3.63) is 42.0 Å². The highest BCUT2D eigenvalue weighted by Crippen LogP contribution is 2.13. The highest BCUT2D eigenvalue weighted by molar-refractivity contribution is 6.12. The lowest BCUT2D eigenvalue weighted by Crippen LogP contribution is -2.27. The molecule has 0 saturated heterocycles. The van der Waals surface area contributed by atoms with Crippen molar-refractivity contribution in [2.75, 3.05) is 4.90 Å². The van der Waals surface area contributed by atoms with E-state index in [9.17, 15) is 9.59 Å². The molecule has 0 aromatic heterocycles. The van der Waals surface area contributed by atoms with Gasteiger partial charge in [-0.25, -0.2) is 4.90 Å². The second kappa shape index (κ2) is 5.10. The van der Waals surface area contributed by atoms with E-state index in [1.54, 1.807) is 25.1 Å². The van der Waals surface area contributed by atoms with Crippen LogP contribution >= 0.6 is 0 Å². The molecule has 0 bridgehead atoms. The number of aryl methyl sites for hydroxylation is 1. The number of anilines is 1. The topological polar surface area (TPSA) is 37.4 Å². The Hall–Kier alpha value is -1.90. The molecule has 1 rings (SSSR count). The van der Waals surface area contributed by atoms with Crippen LogP contribution in [0.5, 0.6) is 0 Å². The Balaban J connectivity index is 2.97. The lowest BCUT2D eigenvalue weighted by Gasteiger charge is -2.13. The van der Waals surface area contributed by atoms with Crippen LogP contribution in [0.4, 0.5) is 5.69 Å². The van der Waals surface area contributed by atoms with Crippen LogP contribution in [-0.4, -0.2) is 12.3 Å². The fraction of sp³-hybridized carbons (Fsp3) is 0.167. The summed E-state index contributed by atoms with van der Waals surface area (Å²) < 4.78 is 0. The van der Waals surface area contributed by atoms with Crippen molar-refractivity contribution in [2.45, 2.75) is 13.8 Å². The summed E-state index contributed by atoms with van der Waals surface area (Å²) in [5, 5.41) is 0. The molecule has 3 heteroatoms. The average molecular weight is 203 g/mol. The third-order valence-corrected chi connectivity index (χ3v) is 1.96. The van der Waals surface area contributed by atoms with E-state index in [0.29, 0.717) is 12.1 Å². The molecule has 0 aliphatic rings. The van der Waals surface area contributed by atoms with Crippen LogP contribution in [0.2, 0.25) is 0 Å². The van der Waals surface area contributed by atoms with Crippen molar-refractivity contribution in [1.82, 2.24) is 0 Å². The molecule has 0 unspecified atom stereocenters. The Kier molecular flexibility index (Phi) is 3.80. The summed E-state index contributed by atoms with van der Waals surface area (Å²) in [7, 11) is 0. The minimum Gasteiger partial charge on any atom is -0.278 e. The molecule has 0 spiro atoms. The molecule has 15 heavy (non-hydrogen) atoms. The Labute approximate surface area is 89.0 Å². The molecule has 0 atom stereocenters. The molecule has 0 saturated carbocycles. The summed E-state index contributed by atoms with van der Waals surface area (Å²) in [5.41, 5.74) is 1.67. The molecular weight excluding hydrogens is 190 g/mol. The minimum atomic E-state index is -0.337. The minimum absolute atomic E-state index is 0.337. The van der Waals surface area contributed by atoms with Gasteiger partial charge in [0.05, 0.1) is 5.69 Å². The number of hydrogen-bond donors (Lipinski definition) is 0. The first-order valence-corrected chi connectivity index (χ1v) is 4.67. The maximum absolute atomic E-state index is 11.5. The van der Waals surface area contributed by atoms with Crippen molar-refractivity contribution in [3.63, 3.8) is 0 Å². The lowest BCUT2D eigenvalue weighted by atomic mass is 10.2. The van der Waals surface area contributed by atoms with Crippen molar-refractivity contribution in [2.24, 2.45) is 0 Å². The number of imide groups is 1. The molecular formula is C12H13NO2. The zero-order valence-corrected chi connectivity index (χ0v) is 8.81. The monoisotopic (exact) mass is 203 g/mol. The Morgan fingerprint density at radius 1 is 1.27 bits per heavy atom. The smallest absolute Gasteiger partial charge is 0.257 e. The molecule has 0 N–H and O–H groups in total. The summed E-state index contributed by atoms with van der Waals surface area (Å²) >= 11 is 0. The maximum atomic E-state index is 11.5. The second-order valence-corrected chi connectivity index (χ2v) is 3.15. The number of carbonyl (C=O) groups is 2. The zero-order chi connectivity index (χ0) is 11.3. The fourth-order valence-corrected chi connectivity index (χ4v) is 1.17. The molecule has 0 heterocycles. The number of rotatable bonds is 3. The Bertz CT molecular complexity index is 379. The summed E-state index contributed by atoms with van der Waals surface area (Å²) in [6.45, 7) is 3.68. The molecule has 2 amide bonds. The molecule has 0 radical (unpaired) electrons. The van der Waals surface area contributed by atoms with Crippen LogP contribution in [0.15, 0.2) is 36.4 Å². The van der Waals surface area contributed by atoms with E-state index < -0.39 is 0 Å². The number of allylic oxidation sites excluding steroid dienone is 1. The predicted octanol–water partition coefficient (Wildman–Crippen LogP) is 2.06. The molecule has 0 fully saturated rings. The van der Waals surface area contributed by atoms with Gasteiger partial charge in [-0.3, -0.25) is 9.59 Å². The van der Waals surface area contributed by atoms with Crippen LogP contribution in [0, 0.1) is 6.92 Å². The van der Waals surface area contributed by atoms with Crippen LogP contribution < -0.4 is 4.90 Å². The second-order valence-electron chi connectivity index (χ2n) is 3.15. The van der Waals surface area contributed by atoms with Crippen LogP contribution in [0.1, 0.15) is 12.5 Å². The molecule has 1 aromatic carbocycles. The van der Waals surface area contributed by atoms with Crippen LogP contribution in [-0.2, 0) is 9.59 Å². The number of hydrogen-bond acceptors (Lipinski definition) is 2. The fourth-order valence-electron chi connectivity index (χ4n) is 1.17. The summed E-state index contributed by atoms with van der Waals surface area (Å²) in [6.07, 6.45) is 3.48. The quantitative estimate of drug-likeness (QED) is 0.557. The first kappa shape index (κ1) is 11.2. The van der Waals surface area contributed by atoms with Gasteiger partial charge in [-0.2, -0.15) is 0 Å². The van der Waals surface area contributed by atoms with E-state index in [4.69, 9.17) is 0 Å². The van der Waals surface area contributed by atoms with Gasteiger partial charge in [0.25, 0.3) is 5.91 Å². The van der Waals surface area contributed by atoms with Gasteiger partial charge in [0.15, 0.2) is 0 Å². The van der Waals surface area contributed by atoms with Gasteiger partial charge in [0, 0.05) is 0 Å². The predicted molar refractivity (Wildman–Crippen MR) is 59.5 cm³/mol. The van der Waals surface area contributed by atoms with Gasteiger partial charge in [0.1, 0.15) is 0 Å². The third kappa shape index (κ3) is 2.77. The van der Waals surface area contributed by atoms with Crippen molar-refractivity contribution in [1.29, 1.82) is 0 Å². The van der Waals surface area contributed by atoms with Crippen LogP contribution in [0.3, 0.4) is 0 Å².